The number of nitrogens with zero attached hydrogens (tertiary/aromatic N) is 1. The number of halogens is 1. The van der Waals surface area contributed by atoms with Gasteiger partial charge < -0.3 is 15.3 Å². The third-order valence-electron chi connectivity index (χ3n) is 3.44. The molecule has 1 aromatic rings. The lowest BCUT2D eigenvalue weighted by atomic mass is 10.1. The number of hydrogen-bond acceptors (Lipinski definition) is 3. The van der Waals surface area contributed by atoms with Crippen molar-refractivity contribution in [2.24, 2.45) is 0 Å². The van der Waals surface area contributed by atoms with Gasteiger partial charge in [0.2, 0.25) is 0 Å². The van der Waals surface area contributed by atoms with Crippen molar-refractivity contribution in [2.45, 2.75) is 32.4 Å². The first-order valence-electron chi connectivity index (χ1n) is 6.48. The van der Waals surface area contributed by atoms with Crippen LogP contribution in [0.25, 0.3) is 0 Å². The minimum Gasteiger partial charge on any atom is -0.396 e. The fraction of sp³-hybridized carbons (Fsp3) is 0.571. The fourth-order valence-electron chi connectivity index (χ4n) is 2.63. The van der Waals surface area contributed by atoms with E-state index >= 15 is 0 Å². The normalized spacial score (nSPS) is 24.3. The Balaban J connectivity index is 2.18. The summed E-state index contributed by atoms with van der Waals surface area (Å²) in [6.45, 7) is 6.41. The predicted octanol–water partition coefficient (Wildman–Crippen LogP) is 2.20. The first-order chi connectivity index (χ1) is 8.60. The molecule has 0 radical (unpaired) electrons. The average molecular weight is 269 g/mol. The van der Waals surface area contributed by atoms with Crippen LogP contribution in [0.5, 0.6) is 0 Å². The highest BCUT2D eigenvalue weighted by molar-refractivity contribution is 6.30. The van der Waals surface area contributed by atoms with Crippen molar-refractivity contribution < 1.29 is 5.11 Å². The molecule has 0 spiro atoms. The molecule has 4 heteroatoms. The van der Waals surface area contributed by atoms with Gasteiger partial charge in [-0.1, -0.05) is 17.7 Å². The van der Waals surface area contributed by atoms with Gasteiger partial charge in [0.1, 0.15) is 0 Å². The topological polar surface area (TPSA) is 35.5 Å². The number of benzene rings is 1. The van der Waals surface area contributed by atoms with E-state index in [4.69, 9.17) is 16.7 Å². The molecule has 2 rings (SSSR count). The van der Waals surface area contributed by atoms with Crippen molar-refractivity contribution in [3.8, 4) is 0 Å². The molecule has 0 aromatic heterocycles. The van der Waals surface area contributed by atoms with Crippen LogP contribution in [0.2, 0.25) is 5.02 Å². The third-order valence-corrected chi connectivity index (χ3v) is 3.68. The number of anilines is 1. The predicted molar refractivity (Wildman–Crippen MR) is 76.5 cm³/mol. The molecule has 1 aliphatic rings. The quantitative estimate of drug-likeness (QED) is 0.882. The fourth-order valence-corrected chi connectivity index (χ4v) is 2.80. The molecule has 2 unspecified atom stereocenters. The second-order valence-corrected chi connectivity index (χ2v) is 5.55. The van der Waals surface area contributed by atoms with Crippen LogP contribution in [-0.2, 0) is 0 Å². The zero-order valence-electron chi connectivity index (χ0n) is 11.0. The number of rotatable bonds is 3. The summed E-state index contributed by atoms with van der Waals surface area (Å²) < 4.78 is 0. The van der Waals surface area contributed by atoms with E-state index in [1.165, 1.54) is 11.3 Å². The standard InChI is InChI=1S/C14H21ClN2O/c1-10-3-4-12(15)7-14(10)17-8-11(2)16-13(9-17)5-6-18/h3-4,7,11,13,16,18H,5-6,8-9H2,1-2H3. The Morgan fingerprint density at radius 1 is 1.44 bits per heavy atom. The van der Waals surface area contributed by atoms with Gasteiger partial charge in [0, 0.05) is 42.5 Å². The number of nitrogens with one attached hydrogen (secondary N) is 1. The molecule has 18 heavy (non-hydrogen) atoms. The number of aliphatic hydroxyl groups excluding tert-OH is 1. The van der Waals surface area contributed by atoms with Crippen LogP contribution in [0.3, 0.4) is 0 Å². The van der Waals surface area contributed by atoms with Gasteiger partial charge in [-0.25, -0.2) is 0 Å². The lowest BCUT2D eigenvalue weighted by molar-refractivity contribution is 0.250. The largest absolute Gasteiger partial charge is 0.396 e. The van der Waals surface area contributed by atoms with E-state index < -0.39 is 0 Å². The zero-order chi connectivity index (χ0) is 13.1. The maximum absolute atomic E-state index is 9.08. The zero-order valence-corrected chi connectivity index (χ0v) is 11.7. The molecule has 1 saturated heterocycles. The van der Waals surface area contributed by atoms with Gasteiger partial charge in [-0.05, 0) is 38.0 Å². The molecule has 1 aliphatic heterocycles. The summed E-state index contributed by atoms with van der Waals surface area (Å²) in [5, 5.41) is 13.4. The molecule has 2 N–H and O–H groups in total. The first-order valence-corrected chi connectivity index (χ1v) is 6.86. The number of aliphatic hydroxyl groups is 1. The molecule has 2 atom stereocenters. The summed E-state index contributed by atoms with van der Waals surface area (Å²) >= 11 is 6.09. The van der Waals surface area contributed by atoms with Crippen LogP contribution in [0.15, 0.2) is 18.2 Å². The highest BCUT2D eigenvalue weighted by Crippen LogP contribution is 2.26. The Morgan fingerprint density at radius 3 is 2.94 bits per heavy atom. The Morgan fingerprint density at radius 2 is 2.22 bits per heavy atom. The Hall–Kier alpha value is -0.770. The molecular formula is C14H21ClN2O. The second-order valence-electron chi connectivity index (χ2n) is 5.11. The van der Waals surface area contributed by atoms with Crippen LogP contribution >= 0.6 is 11.6 Å². The van der Waals surface area contributed by atoms with Crippen LogP contribution in [-0.4, -0.2) is 36.9 Å². The minimum atomic E-state index is 0.229. The highest BCUT2D eigenvalue weighted by atomic mass is 35.5. The molecule has 1 heterocycles. The summed E-state index contributed by atoms with van der Waals surface area (Å²) in [5.41, 5.74) is 2.45. The summed E-state index contributed by atoms with van der Waals surface area (Å²) in [5.74, 6) is 0. The van der Waals surface area contributed by atoms with E-state index in [9.17, 15) is 0 Å². The average Bonchev–Trinajstić information content (AvgIpc) is 2.32. The Labute approximate surface area is 114 Å². The Bertz CT molecular complexity index is 411. The van der Waals surface area contributed by atoms with Crippen LogP contribution in [0.4, 0.5) is 5.69 Å². The molecule has 1 aromatic carbocycles. The van der Waals surface area contributed by atoms with Gasteiger partial charge in [-0.2, -0.15) is 0 Å². The van der Waals surface area contributed by atoms with Gasteiger partial charge in [-0.15, -0.1) is 0 Å². The SMILES string of the molecule is Cc1ccc(Cl)cc1N1CC(C)NC(CCO)C1. The van der Waals surface area contributed by atoms with Crippen molar-refractivity contribution in [2.75, 3.05) is 24.6 Å². The minimum absolute atomic E-state index is 0.229. The summed E-state index contributed by atoms with van der Waals surface area (Å²) in [4.78, 5) is 2.36. The number of piperazine rings is 1. The van der Waals surface area contributed by atoms with E-state index in [0.29, 0.717) is 12.1 Å². The van der Waals surface area contributed by atoms with Crippen molar-refractivity contribution in [1.82, 2.24) is 5.32 Å². The first kappa shape index (κ1) is 13.7. The van der Waals surface area contributed by atoms with Gasteiger partial charge in [0.05, 0.1) is 0 Å². The van der Waals surface area contributed by atoms with Crippen LogP contribution in [0.1, 0.15) is 18.9 Å². The smallest absolute Gasteiger partial charge is 0.0446 e. The second kappa shape index (κ2) is 5.91. The van der Waals surface area contributed by atoms with Crippen molar-refractivity contribution in [3.63, 3.8) is 0 Å². The maximum atomic E-state index is 9.08. The van der Waals surface area contributed by atoms with Crippen molar-refractivity contribution >= 4 is 17.3 Å². The van der Waals surface area contributed by atoms with Gasteiger partial charge in [0.25, 0.3) is 0 Å². The molecule has 0 saturated carbocycles. The number of hydrogen-bond donors (Lipinski definition) is 2. The molecule has 0 aliphatic carbocycles. The lowest BCUT2D eigenvalue weighted by Gasteiger charge is -2.39. The van der Waals surface area contributed by atoms with E-state index in [1.54, 1.807) is 0 Å². The number of aryl methyl sites for hydroxylation is 1. The molecule has 1 fully saturated rings. The molecule has 0 amide bonds. The third kappa shape index (κ3) is 3.16. The van der Waals surface area contributed by atoms with Crippen LogP contribution in [0, 0.1) is 6.92 Å². The van der Waals surface area contributed by atoms with E-state index in [2.05, 4.69) is 30.1 Å². The maximum Gasteiger partial charge on any atom is 0.0446 e. The lowest BCUT2D eigenvalue weighted by Crippen LogP contribution is -2.56. The Kier molecular flexibility index (Phi) is 4.49. The van der Waals surface area contributed by atoms with Crippen molar-refractivity contribution in [3.05, 3.63) is 28.8 Å². The van der Waals surface area contributed by atoms with Gasteiger partial charge in [-0.3, -0.25) is 0 Å². The highest BCUT2D eigenvalue weighted by Gasteiger charge is 2.24. The summed E-state index contributed by atoms with van der Waals surface area (Å²) in [7, 11) is 0. The van der Waals surface area contributed by atoms with E-state index in [-0.39, 0.29) is 6.61 Å². The molecule has 3 nitrogen and oxygen atoms in total. The van der Waals surface area contributed by atoms with Gasteiger partial charge in [0.15, 0.2) is 0 Å². The summed E-state index contributed by atoms with van der Waals surface area (Å²) in [6.07, 6.45) is 0.792. The van der Waals surface area contributed by atoms with E-state index in [0.717, 1.165) is 24.5 Å². The van der Waals surface area contributed by atoms with Crippen molar-refractivity contribution in [1.29, 1.82) is 0 Å². The molecule has 0 bridgehead atoms. The van der Waals surface area contributed by atoms with Crippen LogP contribution < -0.4 is 10.2 Å². The van der Waals surface area contributed by atoms with E-state index in [1.807, 2.05) is 12.1 Å². The monoisotopic (exact) mass is 268 g/mol. The van der Waals surface area contributed by atoms with Gasteiger partial charge >= 0.3 is 0 Å². The molecular weight excluding hydrogens is 248 g/mol. The molecule has 100 valence electrons. The summed E-state index contributed by atoms with van der Waals surface area (Å²) in [6, 6.07) is 6.79.